The van der Waals surface area contributed by atoms with Crippen molar-refractivity contribution >= 4 is 34.9 Å². The number of aromatic nitrogens is 1. The van der Waals surface area contributed by atoms with Crippen molar-refractivity contribution in [1.29, 1.82) is 5.26 Å². The maximum absolute atomic E-state index is 12.7. The number of aryl methyl sites for hydroxylation is 1. The molecule has 3 amide bonds. The Bertz CT molecular complexity index is 1170. The van der Waals surface area contributed by atoms with Gasteiger partial charge in [-0.1, -0.05) is 29.8 Å². The quantitative estimate of drug-likeness (QED) is 0.602. The fourth-order valence-corrected chi connectivity index (χ4v) is 3.17. The molecule has 7 nitrogen and oxygen atoms in total. The summed E-state index contributed by atoms with van der Waals surface area (Å²) in [5, 5.41) is 15.0. The van der Waals surface area contributed by atoms with Crippen molar-refractivity contribution in [3.8, 4) is 6.07 Å². The van der Waals surface area contributed by atoms with Gasteiger partial charge in [0, 0.05) is 36.7 Å². The number of nitrogens with zero attached hydrogens (tertiary/aromatic N) is 3. The number of carbonyl (C=O) groups is 2. The minimum Gasteiger partial charge on any atom is -0.323 e. The monoisotopic (exact) mass is 433 g/mol. The molecule has 0 unspecified atom stereocenters. The van der Waals surface area contributed by atoms with Gasteiger partial charge in [-0.15, -0.1) is 0 Å². The van der Waals surface area contributed by atoms with Gasteiger partial charge >= 0.3 is 6.03 Å². The minimum absolute atomic E-state index is 0.204. The third kappa shape index (κ3) is 5.59. The van der Waals surface area contributed by atoms with Crippen LogP contribution in [0.25, 0.3) is 0 Å². The predicted molar refractivity (Wildman–Crippen MR) is 120 cm³/mol. The summed E-state index contributed by atoms with van der Waals surface area (Å²) in [5.74, 6) is -0.319. The number of rotatable bonds is 5. The van der Waals surface area contributed by atoms with E-state index in [-0.39, 0.29) is 18.5 Å². The van der Waals surface area contributed by atoms with E-state index in [4.69, 9.17) is 16.9 Å². The van der Waals surface area contributed by atoms with E-state index in [0.29, 0.717) is 33.1 Å². The number of halogens is 1. The predicted octanol–water partition coefficient (Wildman–Crippen LogP) is 4.83. The lowest BCUT2D eigenvalue weighted by atomic mass is 10.1. The van der Waals surface area contributed by atoms with E-state index in [9.17, 15) is 9.59 Å². The lowest BCUT2D eigenvalue weighted by Gasteiger charge is -2.21. The Kier molecular flexibility index (Phi) is 6.85. The topological polar surface area (TPSA) is 98.1 Å². The van der Waals surface area contributed by atoms with Gasteiger partial charge in [-0.05, 0) is 48.9 Å². The summed E-state index contributed by atoms with van der Waals surface area (Å²) in [5.41, 5.74) is 3.27. The van der Waals surface area contributed by atoms with E-state index >= 15 is 0 Å². The van der Waals surface area contributed by atoms with E-state index in [0.717, 1.165) is 5.69 Å². The largest absolute Gasteiger partial charge is 0.323 e. The van der Waals surface area contributed by atoms with Crippen molar-refractivity contribution in [2.75, 3.05) is 17.7 Å². The van der Waals surface area contributed by atoms with Gasteiger partial charge in [-0.3, -0.25) is 9.78 Å². The van der Waals surface area contributed by atoms with Gasteiger partial charge in [0.2, 0.25) is 0 Å². The molecule has 31 heavy (non-hydrogen) atoms. The number of carbonyl (C=O) groups excluding carboxylic acids is 2. The maximum atomic E-state index is 12.7. The van der Waals surface area contributed by atoms with Crippen LogP contribution in [0.1, 0.15) is 27.2 Å². The normalized spacial score (nSPS) is 10.1. The molecular weight excluding hydrogens is 414 g/mol. The summed E-state index contributed by atoms with van der Waals surface area (Å²) in [6, 6.07) is 16.8. The second kappa shape index (κ2) is 9.74. The van der Waals surface area contributed by atoms with E-state index in [1.54, 1.807) is 74.8 Å². The van der Waals surface area contributed by atoms with E-state index < -0.39 is 0 Å². The van der Waals surface area contributed by atoms with Gasteiger partial charge in [-0.25, -0.2) is 4.79 Å². The third-order valence-electron chi connectivity index (χ3n) is 4.49. The number of pyridine rings is 1. The first kappa shape index (κ1) is 21.8. The lowest BCUT2D eigenvalue weighted by Crippen LogP contribution is -2.31. The second-order valence-corrected chi connectivity index (χ2v) is 7.30. The molecule has 1 heterocycles. The van der Waals surface area contributed by atoms with Gasteiger partial charge < -0.3 is 15.5 Å². The zero-order valence-electron chi connectivity index (χ0n) is 17.0. The van der Waals surface area contributed by atoms with Crippen LogP contribution in [0.3, 0.4) is 0 Å². The van der Waals surface area contributed by atoms with Crippen LogP contribution in [-0.2, 0) is 6.54 Å². The average molecular weight is 434 g/mol. The highest BCUT2D eigenvalue weighted by Gasteiger charge is 2.16. The maximum Gasteiger partial charge on any atom is 0.321 e. The Balaban J connectivity index is 1.75. The summed E-state index contributed by atoms with van der Waals surface area (Å²) in [4.78, 5) is 30.8. The molecule has 0 radical (unpaired) electrons. The number of urea groups is 1. The third-order valence-corrected chi connectivity index (χ3v) is 4.81. The molecule has 0 atom stereocenters. The molecule has 0 aliphatic carbocycles. The SMILES string of the molecule is Cc1cc(C(=O)Nc2c(Cl)cccc2CN(C)C(=O)Nc2cccc(C#N)c2)ccn1. The molecule has 156 valence electrons. The standard InChI is InChI=1S/C23H20ClN5O2/c1-15-11-17(9-10-26-15)22(30)28-21-18(6-4-8-20(21)24)14-29(2)23(31)27-19-7-3-5-16(12-19)13-25/h3-12H,14H2,1-2H3,(H,27,31)(H,28,30). The Morgan fingerprint density at radius 2 is 1.90 bits per heavy atom. The van der Waals surface area contributed by atoms with Crippen LogP contribution >= 0.6 is 11.6 Å². The molecule has 0 fully saturated rings. The number of hydrogen-bond donors (Lipinski definition) is 2. The molecule has 0 aliphatic heterocycles. The fourth-order valence-electron chi connectivity index (χ4n) is 2.93. The zero-order valence-corrected chi connectivity index (χ0v) is 17.8. The molecule has 2 N–H and O–H groups in total. The first-order valence-corrected chi connectivity index (χ1v) is 9.79. The molecule has 1 aromatic heterocycles. The van der Waals surface area contributed by atoms with Gasteiger partial charge in [0.15, 0.2) is 0 Å². The van der Waals surface area contributed by atoms with E-state index in [2.05, 4.69) is 15.6 Å². The Labute approximate surface area is 185 Å². The summed E-state index contributed by atoms with van der Waals surface area (Å²) >= 11 is 6.34. The highest BCUT2D eigenvalue weighted by Crippen LogP contribution is 2.28. The molecule has 0 saturated carbocycles. The summed E-state index contributed by atoms with van der Waals surface area (Å²) in [7, 11) is 1.63. The van der Waals surface area contributed by atoms with Crippen molar-refractivity contribution < 1.29 is 9.59 Å². The van der Waals surface area contributed by atoms with Crippen molar-refractivity contribution in [1.82, 2.24) is 9.88 Å². The van der Waals surface area contributed by atoms with Crippen LogP contribution < -0.4 is 10.6 Å². The number of amides is 3. The fraction of sp³-hybridized carbons (Fsp3) is 0.130. The molecule has 8 heteroatoms. The summed E-state index contributed by atoms with van der Waals surface area (Å²) in [6.45, 7) is 2.01. The molecule has 0 bridgehead atoms. The molecular formula is C23H20ClN5O2. The minimum atomic E-state index is -0.364. The number of hydrogen-bond acceptors (Lipinski definition) is 4. The average Bonchev–Trinajstić information content (AvgIpc) is 2.76. The Morgan fingerprint density at radius 3 is 2.65 bits per heavy atom. The van der Waals surface area contributed by atoms with E-state index in [1.165, 1.54) is 4.90 Å². The van der Waals surface area contributed by atoms with Gasteiger partial charge in [-0.2, -0.15) is 5.26 Å². The number of nitriles is 1. The van der Waals surface area contributed by atoms with Crippen molar-refractivity contribution in [3.05, 3.63) is 88.2 Å². The number of benzene rings is 2. The molecule has 0 spiro atoms. The van der Waals surface area contributed by atoms with Crippen LogP contribution in [0.2, 0.25) is 5.02 Å². The Morgan fingerprint density at radius 1 is 1.13 bits per heavy atom. The molecule has 3 aromatic rings. The van der Waals surface area contributed by atoms with Crippen molar-refractivity contribution in [2.45, 2.75) is 13.5 Å². The van der Waals surface area contributed by atoms with Crippen LogP contribution in [0.4, 0.5) is 16.2 Å². The molecule has 3 rings (SSSR count). The number of anilines is 2. The lowest BCUT2D eigenvalue weighted by molar-refractivity contribution is 0.102. The second-order valence-electron chi connectivity index (χ2n) is 6.89. The first-order chi connectivity index (χ1) is 14.9. The van der Waals surface area contributed by atoms with Gasteiger partial charge in [0.25, 0.3) is 5.91 Å². The van der Waals surface area contributed by atoms with Crippen molar-refractivity contribution in [2.24, 2.45) is 0 Å². The summed E-state index contributed by atoms with van der Waals surface area (Å²) in [6.07, 6.45) is 1.57. The number of nitrogens with one attached hydrogen (secondary N) is 2. The highest BCUT2D eigenvalue weighted by atomic mass is 35.5. The van der Waals surface area contributed by atoms with E-state index in [1.807, 2.05) is 6.07 Å². The molecule has 2 aromatic carbocycles. The molecule has 0 aliphatic rings. The van der Waals surface area contributed by atoms with Crippen LogP contribution in [0, 0.1) is 18.3 Å². The highest BCUT2D eigenvalue weighted by molar-refractivity contribution is 6.34. The summed E-state index contributed by atoms with van der Waals surface area (Å²) < 4.78 is 0. The molecule has 0 saturated heterocycles. The first-order valence-electron chi connectivity index (χ1n) is 9.41. The van der Waals surface area contributed by atoms with Crippen molar-refractivity contribution in [3.63, 3.8) is 0 Å². The van der Waals surface area contributed by atoms with Gasteiger partial charge in [0.1, 0.15) is 0 Å². The smallest absolute Gasteiger partial charge is 0.321 e. The Hall–Kier alpha value is -3.89. The van der Waals surface area contributed by atoms with Crippen LogP contribution in [0.5, 0.6) is 0 Å². The van der Waals surface area contributed by atoms with Crippen LogP contribution in [-0.4, -0.2) is 28.9 Å². The van der Waals surface area contributed by atoms with Crippen LogP contribution in [0.15, 0.2) is 60.8 Å². The number of para-hydroxylation sites is 1. The zero-order chi connectivity index (χ0) is 22.4. The van der Waals surface area contributed by atoms with Gasteiger partial charge in [0.05, 0.1) is 22.3 Å².